The van der Waals surface area contributed by atoms with Crippen LogP contribution in [0.15, 0.2) is 53.4 Å². The maximum Gasteiger partial charge on any atom is 0.218 e. The molecule has 1 amide bonds. The van der Waals surface area contributed by atoms with Gasteiger partial charge in [0.2, 0.25) is 5.91 Å². The molecule has 0 aromatic heterocycles. The average molecular weight is 406 g/mol. The molecule has 152 valence electrons. The Kier molecular flexibility index (Phi) is 7.87. The Morgan fingerprint density at radius 2 is 1.68 bits per heavy atom. The number of carbonyl (C=O) groups is 1. The van der Waals surface area contributed by atoms with Crippen LogP contribution in [-0.2, 0) is 21.1 Å². The zero-order valence-corrected chi connectivity index (χ0v) is 17.1. The van der Waals surface area contributed by atoms with Gasteiger partial charge in [-0.05, 0) is 37.0 Å². The normalized spacial score (nSPS) is 12.4. The number of nitrogens with two attached hydrogens (primary N) is 1. The molecule has 2 aromatic carbocycles. The minimum absolute atomic E-state index is 0.0967. The summed E-state index contributed by atoms with van der Waals surface area (Å²) in [6.07, 6.45) is 2.54. The summed E-state index contributed by atoms with van der Waals surface area (Å²) in [5, 5.41) is -0.862. The number of hydrogen-bond donors (Lipinski definition) is 1. The van der Waals surface area contributed by atoms with Gasteiger partial charge in [0, 0.05) is 12.5 Å². The molecule has 2 aromatic rings. The van der Waals surface area contributed by atoms with Gasteiger partial charge in [-0.2, -0.15) is 0 Å². The van der Waals surface area contributed by atoms with E-state index in [0.717, 1.165) is 12.8 Å². The van der Waals surface area contributed by atoms with Gasteiger partial charge < -0.3 is 15.2 Å². The van der Waals surface area contributed by atoms with E-state index in [2.05, 4.69) is 0 Å². The van der Waals surface area contributed by atoms with Crippen LogP contribution in [-0.4, -0.2) is 33.8 Å². The predicted molar refractivity (Wildman–Crippen MR) is 108 cm³/mol. The maximum atomic E-state index is 13.1. The van der Waals surface area contributed by atoms with Crippen LogP contribution in [0.5, 0.6) is 11.5 Å². The van der Waals surface area contributed by atoms with Gasteiger partial charge >= 0.3 is 0 Å². The summed E-state index contributed by atoms with van der Waals surface area (Å²) in [4.78, 5) is 11.6. The Morgan fingerprint density at radius 3 is 2.29 bits per heavy atom. The van der Waals surface area contributed by atoms with Gasteiger partial charge in [0.15, 0.2) is 21.3 Å². The van der Waals surface area contributed by atoms with E-state index in [1.165, 1.54) is 31.9 Å². The van der Waals surface area contributed by atoms with Gasteiger partial charge in [-0.1, -0.05) is 36.8 Å². The fourth-order valence-corrected chi connectivity index (χ4v) is 4.90. The van der Waals surface area contributed by atoms with Crippen LogP contribution in [0.2, 0.25) is 0 Å². The molecule has 0 saturated carbocycles. The van der Waals surface area contributed by atoms with E-state index in [0.29, 0.717) is 24.3 Å². The molecule has 0 aliphatic carbocycles. The predicted octanol–water partition coefficient (Wildman–Crippen LogP) is 3.13. The second-order valence-corrected chi connectivity index (χ2v) is 8.81. The molecule has 0 bridgehead atoms. The van der Waals surface area contributed by atoms with Crippen molar-refractivity contribution in [2.45, 2.75) is 42.2 Å². The van der Waals surface area contributed by atoms with Gasteiger partial charge in [0.1, 0.15) is 0 Å². The highest BCUT2D eigenvalue weighted by atomic mass is 32.2. The second kappa shape index (κ2) is 10.1. The number of unbranched alkanes of at least 4 members (excludes halogenated alkanes) is 1. The van der Waals surface area contributed by atoms with Crippen molar-refractivity contribution < 1.29 is 22.7 Å². The third kappa shape index (κ3) is 5.73. The molecule has 0 radical (unpaired) electrons. The maximum absolute atomic E-state index is 13.1. The lowest BCUT2D eigenvalue weighted by atomic mass is 10.1. The monoisotopic (exact) mass is 405 g/mol. The first-order chi connectivity index (χ1) is 13.4. The molecule has 0 spiro atoms. The SMILES string of the molecule is COc1ccc(S(=O)(=O)C(CCCCc2ccccc2)CC(N)=O)cc1OC. The van der Waals surface area contributed by atoms with E-state index >= 15 is 0 Å². The van der Waals surface area contributed by atoms with Crippen LogP contribution in [0.25, 0.3) is 0 Å². The van der Waals surface area contributed by atoms with Crippen LogP contribution in [0.4, 0.5) is 0 Å². The highest BCUT2D eigenvalue weighted by Crippen LogP contribution is 2.32. The molecule has 1 atom stereocenters. The number of methoxy groups -OCH3 is 2. The van der Waals surface area contributed by atoms with Crippen LogP contribution in [0, 0.1) is 0 Å². The smallest absolute Gasteiger partial charge is 0.218 e. The molecule has 28 heavy (non-hydrogen) atoms. The van der Waals surface area contributed by atoms with Gasteiger partial charge in [-0.25, -0.2) is 8.42 Å². The average Bonchev–Trinajstić information content (AvgIpc) is 2.70. The summed E-state index contributed by atoms with van der Waals surface area (Å²) in [7, 11) is -0.811. The molecule has 6 nitrogen and oxygen atoms in total. The first-order valence-corrected chi connectivity index (χ1v) is 10.7. The summed E-state index contributed by atoms with van der Waals surface area (Å²) < 4.78 is 36.5. The number of hydrogen-bond acceptors (Lipinski definition) is 5. The number of aryl methyl sites for hydroxylation is 1. The van der Waals surface area contributed by atoms with E-state index in [1.807, 2.05) is 30.3 Å². The summed E-state index contributed by atoms with van der Waals surface area (Å²) in [6.45, 7) is 0. The van der Waals surface area contributed by atoms with Crippen LogP contribution in [0.3, 0.4) is 0 Å². The molecule has 0 heterocycles. The molecule has 2 N–H and O–H groups in total. The first-order valence-electron chi connectivity index (χ1n) is 9.16. The van der Waals surface area contributed by atoms with Gasteiger partial charge in [0.25, 0.3) is 0 Å². The number of sulfone groups is 1. The molecule has 0 fully saturated rings. The van der Waals surface area contributed by atoms with Crippen molar-refractivity contribution in [3.8, 4) is 11.5 Å². The topological polar surface area (TPSA) is 95.7 Å². The molecule has 0 saturated heterocycles. The Hall–Kier alpha value is -2.54. The highest BCUT2D eigenvalue weighted by molar-refractivity contribution is 7.92. The summed E-state index contributed by atoms with van der Waals surface area (Å²) >= 11 is 0. The summed E-state index contributed by atoms with van der Waals surface area (Å²) in [5.74, 6) is 0.137. The fraction of sp³-hybridized carbons (Fsp3) is 0.381. The third-order valence-corrected chi connectivity index (χ3v) is 6.83. The van der Waals surface area contributed by atoms with E-state index in [1.54, 1.807) is 6.07 Å². The van der Waals surface area contributed by atoms with Gasteiger partial charge in [0.05, 0.1) is 24.4 Å². The van der Waals surface area contributed by atoms with E-state index in [-0.39, 0.29) is 11.3 Å². The van der Waals surface area contributed by atoms with Crippen LogP contribution in [0.1, 0.15) is 31.2 Å². The lowest BCUT2D eigenvalue weighted by Crippen LogP contribution is -2.28. The minimum Gasteiger partial charge on any atom is -0.493 e. The summed E-state index contributed by atoms with van der Waals surface area (Å²) in [5.41, 5.74) is 6.52. The Morgan fingerprint density at radius 1 is 1.00 bits per heavy atom. The second-order valence-electron chi connectivity index (χ2n) is 6.59. The molecular formula is C21H27NO5S. The van der Waals surface area contributed by atoms with Crippen LogP contribution < -0.4 is 15.2 Å². The Balaban J connectivity index is 2.12. The molecule has 1 unspecified atom stereocenters. The molecule has 2 rings (SSSR count). The van der Waals surface area contributed by atoms with Gasteiger partial charge in [-0.3, -0.25) is 4.79 Å². The third-order valence-electron chi connectivity index (χ3n) is 4.64. The number of carbonyl (C=O) groups excluding carboxylic acids is 1. The zero-order chi connectivity index (χ0) is 20.6. The van der Waals surface area contributed by atoms with Crippen molar-refractivity contribution in [2.75, 3.05) is 14.2 Å². The first kappa shape index (κ1) is 21.8. The molecule has 7 heteroatoms. The van der Waals surface area contributed by atoms with Gasteiger partial charge in [-0.15, -0.1) is 0 Å². The number of primary amides is 1. The van der Waals surface area contributed by atoms with Crippen molar-refractivity contribution in [3.05, 3.63) is 54.1 Å². The van der Waals surface area contributed by atoms with E-state index < -0.39 is 21.0 Å². The lowest BCUT2D eigenvalue weighted by Gasteiger charge is -2.17. The Labute approximate surface area is 166 Å². The fourth-order valence-electron chi connectivity index (χ4n) is 3.12. The number of ether oxygens (including phenoxy) is 2. The van der Waals surface area contributed by atoms with Crippen molar-refractivity contribution in [2.24, 2.45) is 5.73 Å². The van der Waals surface area contributed by atoms with Crippen molar-refractivity contribution >= 4 is 15.7 Å². The number of rotatable bonds is 11. The highest BCUT2D eigenvalue weighted by Gasteiger charge is 2.29. The molecular weight excluding hydrogens is 378 g/mol. The minimum atomic E-state index is -3.74. The number of benzene rings is 2. The molecule has 0 aliphatic heterocycles. The zero-order valence-electron chi connectivity index (χ0n) is 16.3. The Bertz CT molecular complexity index is 881. The van der Waals surface area contributed by atoms with E-state index in [4.69, 9.17) is 15.2 Å². The quantitative estimate of drug-likeness (QED) is 0.580. The standard InChI is InChI=1S/C21H27NO5S/c1-26-19-13-12-18(14-20(19)27-2)28(24,25)17(15-21(22)23)11-7-6-10-16-8-4-3-5-9-16/h3-5,8-9,12-14,17H,6-7,10-11,15H2,1-2H3,(H2,22,23). The van der Waals surface area contributed by atoms with E-state index in [9.17, 15) is 13.2 Å². The van der Waals surface area contributed by atoms with Crippen molar-refractivity contribution in [1.82, 2.24) is 0 Å². The summed E-state index contributed by atoms with van der Waals surface area (Å²) in [6, 6.07) is 14.4. The number of amides is 1. The molecule has 0 aliphatic rings. The largest absolute Gasteiger partial charge is 0.493 e. The lowest BCUT2D eigenvalue weighted by molar-refractivity contribution is -0.118. The van der Waals surface area contributed by atoms with Crippen molar-refractivity contribution in [3.63, 3.8) is 0 Å². The van der Waals surface area contributed by atoms with Crippen molar-refractivity contribution in [1.29, 1.82) is 0 Å². The van der Waals surface area contributed by atoms with Crippen LogP contribution >= 0.6 is 0 Å².